The highest BCUT2D eigenvalue weighted by Crippen LogP contribution is 2.30. The quantitative estimate of drug-likeness (QED) is 0.679. The van der Waals surface area contributed by atoms with Gasteiger partial charge in [-0.3, -0.25) is 0 Å². The molecule has 0 saturated heterocycles. The van der Waals surface area contributed by atoms with Crippen molar-refractivity contribution in [2.75, 3.05) is 0 Å². The number of carboxylic acid groups (broad SMARTS) is 1. The Morgan fingerprint density at radius 2 is 2.31 bits per heavy atom. The topological polar surface area (TPSA) is 76.2 Å². The third kappa shape index (κ3) is 2.53. The van der Waals surface area contributed by atoms with E-state index in [4.69, 9.17) is 9.52 Å². The monoisotopic (exact) mass is 348 g/mol. The van der Waals surface area contributed by atoms with Crippen molar-refractivity contribution in [3.8, 4) is 0 Å². The SMILES string of the molecule is O=C(O)c1ccc(Sc2ncncc2I)o1. The average molecular weight is 348 g/mol. The predicted molar refractivity (Wildman–Crippen MR) is 64.5 cm³/mol. The van der Waals surface area contributed by atoms with Gasteiger partial charge < -0.3 is 9.52 Å². The number of carbonyl (C=O) groups is 1. The van der Waals surface area contributed by atoms with Crippen molar-refractivity contribution in [1.82, 2.24) is 9.97 Å². The molecular formula is C9H5IN2O3S. The number of aromatic carboxylic acids is 1. The van der Waals surface area contributed by atoms with Gasteiger partial charge in [-0.15, -0.1) is 0 Å². The second-order valence-electron chi connectivity index (χ2n) is 2.70. The average Bonchev–Trinajstić information content (AvgIpc) is 2.70. The molecule has 0 aromatic carbocycles. The maximum absolute atomic E-state index is 10.6. The zero-order chi connectivity index (χ0) is 11.5. The van der Waals surface area contributed by atoms with Crippen LogP contribution in [0.25, 0.3) is 0 Å². The molecule has 0 aliphatic carbocycles. The fourth-order valence-electron chi connectivity index (χ4n) is 0.962. The van der Waals surface area contributed by atoms with Crippen LogP contribution in [0.15, 0.2) is 39.2 Å². The Hall–Kier alpha value is -1.09. The van der Waals surface area contributed by atoms with Crippen molar-refractivity contribution >= 4 is 40.3 Å². The molecule has 2 aromatic heterocycles. The zero-order valence-electron chi connectivity index (χ0n) is 7.75. The summed E-state index contributed by atoms with van der Waals surface area (Å²) in [4.78, 5) is 18.5. The second-order valence-corrected chi connectivity index (χ2v) is 4.86. The summed E-state index contributed by atoms with van der Waals surface area (Å²) in [6.07, 6.45) is 3.11. The lowest BCUT2D eigenvalue weighted by Crippen LogP contribution is -1.91. The summed E-state index contributed by atoms with van der Waals surface area (Å²) < 4.78 is 5.99. The molecule has 0 radical (unpaired) electrons. The Morgan fingerprint density at radius 1 is 1.50 bits per heavy atom. The summed E-state index contributed by atoms with van der Waals surface area (Å²) in [5.41, 5.74) is 0. The van der Waals surface area contributed by atoms with Gasteiger partial charge in [0, 0.05) is 6.20 Å². The standard InChI is InChI=1S/C9H5IN2O3S/c10-5-3-11-4-12-8(5)16-7-2-1-6(15-7)9(13)14/h1-4H,(H,13,14). The lowest BCUT2D eigenvalue weighted by molar-refractivity contribution is 0.0656. The van der Waals surface area contributed by atoms with Crippen molar-refractivity contribution in [3.63, 3.8) is 0 Å². The van der Waals surface area contributed by atoms with Crippen LogP contribution >= 0.6 is 34.4 Å². The fourth-order valence-corrected chi connectivity index (χ4v) is 2.30. The molecule has 0 fully saturated rings. The third-order valence-electron chi connectivity index (χ3n) is 1.62. The molecule has 0 spiro atoms. The minimum absolute atomic E-state index is 0.0773. The van der Waals surface area contributed by atoms with E-state index in [-0.39, 0.29) is 5.76 Å². The van der Waals surface area contributed by atoms with Gasteiger partial charge in [-0.1, -0.05) is 0 Å². The number of nitrogens with zero attached hydrogens (tertiary/aromatic N) is 2. The lowest BCUT2D eigenvalue weighted by atomic mass is 10.5. The van der Waals surface area contributed by atoms with Crippen molar-refractivity contribution in [1.29, 1.82) is 0 Å². The van der Waals surface area contributed by atoms with Crippen LogP contribution in [-0.2, 0) is 0 Å². The van der Waals surface area contributed by atoms with Crippen molar-refractivity contribution < 1.29 is 14.3 Å². The van der Waals surface area contributed by atoms with E-state index in [1.807, 2.05) is 0 Å². The molecule has 5 nitrogen and oxygen atoms in total. The molecule has 0 aliphatic heterocycles. The van der Waals surface area contributed by atoms with Gasteiger partial charge in [-0.25, -0.2) is 14.8 Å². The molecule has 82 valence electrons. The van der Waals surface area contributed by atoms with Gasteiger partial charge in [0.25, 0.3) is 0 Å². The molecule has 0 amide bonds. The number of aromatic nitrogens is 2. The molecule has 16 heavy (non-hydrogen) atoms. The molecule has 1 N–H and O–H groups in total. The molecular weight excluding hydrogens is 343 g/mol. The van der Waals surface area contributed by atoms with Crippen LogP contribution in [0.5, 0.6) is 0 Å². The predicted octanol–water partition coefficient (Wildman–Crippen LogP) is 2.52. The van der Waals surface area contributed by atoms with Crippen LogP contribution in [0.3, 0.4) is 0 Å². The van der Waals surface area contributed by atoms with Gasteiger partial charge in [0.05, 0.1) is 3.57 Å². The maximum atomic E-state index is 10.6. The van der Waals surface area contributed by atoms with Crippen LogP contribution in [-0.4, -0.2) is 21.0 Å². The lowest BCUT2D eigenvalue weighted by Gasteiger charge is -1.98. The van der Waals surface area contributed by atoms with Crippen LogP contribution in [0, 0.1) is 3.57 Å². The van der Waals surface area contributed by atoms with Gasteiger partial charge in [-0.05, 0) is 46.5 Å². The third-order valence-corrected chi connectivity index (χ3v) is 3.72. The summed E-state index contributed by atoms with van der Waals surface area (Å²) in [6.45, 7) is 0. The Balaban J connectivity index is 2.21. The number of carboxylic acids is 1. The molecule has 0 unspecified atom stereocenters. The van der Waals surface area contributed by atoms with Gasteiger partial charge in [0.15, 0.2) is 5.09 Å². The summed E-state index contributed by atoms with van der Waals surface area (Å²) in [5.74, 6) is -1.16. The van der Waals surface area contributed by atoms with Crippen LogP contribution in [0.1, 0.15) is 10.6 Å². The van der Waals surface area contributed by atoms with Crippen LogP contribution in [0.4, 0.5) is 0 Å². The Morgan fingerprint density at radius 3 is 2.94 bits per heavy atom. The minimum Gasteiger partial charge on any atom is -0.475 e. The van der Waals surface area contributed by atoms with Gasteiger partial charge in [0.2, 0.25) is 5.76 Å². The first kappa shape index (κ1) is 11.4. The summed E-state index contributed by atoms with van der Waals surface area (Å²) in [6, 6.07) is 3.02. The van der Waals surface area contributed by atoms with Gasteiger partial charge in [-0.2, -0.15) is 0 Å². The van der Waals surface area contributed by atoms with E-state index < -0.39 is 5.97 Å². The highest BCUT2D eigenvalue weighted by Gasteiger charge is 2.11. The van der Waals surface area contributed by atoms with Crippen molar-refractivity contribution in [2.45, 2.75) is 10.1 Å². The number of hydrogen-bond acceptors (Lipinski definition) is 5. The summed E-state index contributed by atoms with van der Waals surface area (Å²) in [5, 5.41) is 9.92. The molecule has 0 bridgehead atoms. The van der Waals surface area contributed by atoms with Crippen molar-refractivity contribution in [2.24, 2.45) is 0 Å². The maximum Gasteiger partial charge on any atom is 0.371 e. The smallest absolute Gasteiger partial charge is 0.371 e. The van der Waals surface area contributed by atoms with Gasteiger partial charge in [0.1, 0.15) is 11.4 Å². The van der Waals surface area contributed by atoms with E-state index >= 15 is 0 Å². The number of rotatable bonds is 3. The molecule has 7 heteroatoms. The molecule has 2 rings (SSSR count). The van der Waals surface area contributed by atoms with Crippen LogP contribution in [0.2, 0.25) is 0 Å². The van der Waals surface area contributed by atoms with E-state index in [2.05, 4.69) is 32.6 Å². The van der Waals surface area contributed by atoms with E-state index in [0.717, 1.165) is 8.60 Å². The first-order chi connectivity index (χ1) is 7.66. The highest BCUT2D eigenvalue weighted by molar-refractivity contribution is 14.1. The van der Waals surface area contributed by atoms with E-state index in [0.29, 0.717) is 5.09 Å². The Labute approximate surface area is 108 Å². The molecule has 0 saturated carbocycles. The molecule has 2 heterocycles. The largest absolute Gasteiger partial charge is 0.475 e. The number of furan rings is 1. The minimum atomic E-state index is -1.08. The van der Waals surface area contributed by atoms with E-state index in [1.165, 1.54) is 24.2 Å². The van der Waals surface area contributed by atoms with E-state index in [1.54, 1.807) is 12.3 Å². The molecule has 0 aliphatic rings. The first-order valence-electron chi connectivity index (χ1n) is 4.13. The number of hydrogen-bond donors (Lipinski definition) is 1. The molecule has 2 aromatic rings. The summed E-state index contributed by atoms with van der Waals surface area (Å²) >= 11 is 3.37. The summed E-state index contributed by atoms with van der Waals surface area (Å²) in [7, 11) is 0. The molecule has 0 atom stereocenters. The zero-order valence-corrected chi connectivity index (χ0v) is 10.7. The van der Waals surface area contributed by atoms with Gasteiger partial charge >= 0.3 is 5.97 Å². The first-order valence-corrected chi connectivity index (χ1v) is 6.03. The second kappa shape index (κ2) is 4.83. The van der Waals surface area contributed by atoms with Crippen LogP contribution < -0.4 is 0 Å². The number of halogens is 1. The highest BCUT2D eigenvalue weighted by atomic mass is 127. The normalized spacial score (nSPS) is 10.3. The Bertz CT molecular complexity index is 529. The van der Waals surface area contributed by atoms with Crippen molar-refractivity contribution in [3.05, 3.63) is 34.0 Å². The fraction of sp³-hybridized carbons (Fsp3) is 0. The Kier molecular flexibility index (Phi) is 3.44. The van der Waals surface area contributed by atoms with E-state index in [9.17, 15) is 4.79 Å².